The molecule has 0 saturated heterocycles. The summed E-state index contributed by atoms with van der Waals surface area (Å²) in [4.78, 5) is 11.1. The Morgan fingerprint density at radius 2 is 1.92 bits per heavy atom. The fraction of sp³-hybridized carbons (Fsp3) is 0.462. The predicted octanol–water partition coefficient (Wildman–Crippen LogP) is -0.0124. The molecule has 134 valence electrons. The summed E-state index contributed by atoms with van der Waals surface area (Å²) in [5, 5.41) is 21.3. The highest BCUT2D eigenvalue weighted by Gasteiger charge is 2.47. The molecule has 1 saturated carbocycles. The number of hydrogen-bond acceptors (Lipinski definition) is 6. The van der Waals surface area contributed by atoms with E-state index >= 15 is 0 Å². The fourth-order valence-electron chi connectivity index (χ4n) is 2.44. The summed E-state index contributed by atoms with van der Waals surface area (Å²) in [5.41, 5.74) is -0.0252. The molecule has 2 rings (SSSR count). The molecule has 1 amide bonds. The molecular formula is C13H15F3N2O5S. The number of rotatable bonds is 3. The normalized spacial score (nSPS) is 27.9. The molecule has 4 atom stereocenters. The Labute approximate surface area is 135 Å². The van der Waals surface area contributed by atoms with Crippen molar-refractivity contribution in [1.82, 2.24) is 0 Å². The van der Waals surface area contributed by atoms with Gasteiger partial charge in [-0.05, 0) is 24.6 Å². The van der Waals surface area contributed by atoms with Crippen LogP contribution in [0.2, 0.25) is 0 Å². The van der Waals surface area contributed by atoms with Gasteiger partial charge in [0.1, 0.15) is 0 Å². The smallest absolute Gasteiger partial charge is 0.390 e. The summed E-state index contributed by atoms with van der Waals surface area (Å²) in [6.07, 6.45) is -2.60. The number of sulfone groups is 1. The van der Waals surface area contributed by atoms with Crippen molar-refractivity contribution in [2.24, 2.45) is 11.7 Å². The molecular weight excluding hydrogens is 353 g/mol. The zero-order chi connectivity index (χ0) is 18.3. The predicted molar refractivity (Wildman–Crippen MR) is 76.4 cm³/mol. The summed E-state index contributed by atoms with van der Waals surface area (Å²) in [6.45, 7) is 0. The number of benzene rings is 1. The third-order valence-corrected chi connectivity index (χ3v) is 5.29. The number of hydrogen-bond donors (Lipinski definition) is 4. The van der Waals surface area contributed by atoms with Gasteiger partial charge in [-0.25, -0.2) is 8.42 Å². The van der Waals surface area contributed by atoms with Crippen molar-refractivity contribution in [2.75, 3.05) is 5.32 Å². The number of carbonyl (C=O) groups is 1. The molecule has 24 heavy (non-hydrogen) atoms. The van der Waals surface area contributed by atoms with Crippen molar-refractivity contribution in [3.63, 3.8) is 0 Å². The van der Waals surface area contributed by atoms with E-state index in [1.807, 2.05) is 0 Å². The molecule has 0 spiro atoms. The van der Waals surface area contributed by atoms with Crippen LogP contribution in [0.15, 0.2) is 29.2 Å². The Morgan fingerprint density at radius 1 is 1.29 bits per heavy atom. The lowest BCUT2D eigenvalue weighted by Gasteiger charge is -2.17. The number of amides is 1. The molecule has 1 fully saturated rings. The maximum absolute atomic E-state index is 12.5. The van der Waals surface area contributed by atoms with Gasteiger partial charge in [0.25, 0.3) is 9.84 Å². The third-order valence-electron chi connectivity index (χ3n) is 3.80. The van der Waals surface area contributed by atoms with Crippen LogP contribution < -0.4 is 11.1 Å². The SMILES string of the molecule is N[C@H]1[C@H](O)[C@H](O)C[C@H]1C(=O)Nc1cccc(S(=O)(=O)C(F)(F)F)c1. The van der Waals surface area contributed by atoms with Gasteiger partial charge in [0, 0.05) is 11.7 Å². The topological polar surface area (TPSA) is 130 Å². The minimum absolute atomic E-state index is 0.116. The van der Waals surface area contributed by atoms with Crippen molar-refractivity contribution >= 4 is 21.4 Å². The van der Waals surface area contributed by atoms with E-state index in [0.29, 0.717) is 6.07 Å². The lowest BCUT2D eigenvalue weighted by molar-refractivity contribution is -0.120. The summed E-state index contributed by atoms with van der Waals surface area (Å²) in [5.74, 6) is -1.70. The zero-order valence-corrected chi connectivity index (χ0v) is 12.9. The summed E-state index contributed by atoms with van der Waals surface area (Å²) in [7, 11) is -5.54. The zero-order valence-electron chi connectivity index (χ0n) is 12.1. The number of halogens is 3. The molecule has 1 aliphatic carbocycles. The Kier molecular flexibility index (Phi) is 4.91. The quantitative estimate of drug-likeness (QED) is 0.594. The van der Waals surface area contributed by atoms with E-state index in [0.717, 1.165) is 12.1 Å². The number of aliphatic hydroxyl groups is 2. The van der Waals surface area contributed by atoms with Crippen LogP contribution >= 0.6 is 0 Å². The molecule has 0 heterocycles. The van der Waals surface area contributed by atoms with Crippen LogP contribution in [-0.4, -0.2) is 48.3 Å². The number of nitrogens with one attached hydrogen (secondary N) is 1. The number of aliphatic hydroxyl groups excluding tert-OH is 2. The van der Waals surface area contributed by atoms with Gasteiger partial charge in [0.05, 0.1) is 23.0 Å². The van der Waals surface area contributed by atoms with Gasteiger partial charge in [0.15, 0.2) is 0 Å². The van der Waals surface area contributed by atoms with E-state index in [4.69, 9.17) is 5.73 Å². The monoisotopic (exact) mass is 368 g/mol. The van der Waals surface area contributed by atoms with Crippen LogP contribution in [0.5, 0.6) is 0 Å². The number of anilines is 1. The fourth-order valence-corrected chi connectivity index (χ4v) is 3.25. The van der Waals surface area contributed by atoms with Gasteiger partial charge in [-0.2, -0.15) is 13.2 Å². The summed E-state index contributed by atoms with van der Waals surface area (Å²) >= 11 is 0. The van der Waals surface area contributed by atoms with E-state index in [9.17, 15) is 36.6 Å². The van der Waals surface area contributed by atoms with Crippen LogP contribution in [0, 0.1) is 5.92 Å². The molecule has 0 aromatic heterocycles. The minimum atomic E-state index is -5.54. The van der Waals surface area contributed by atoms with Crippen LogP contribution in [0.3, 0.4) is 0 Å². The minimum Gasteiger partial charge on any atom is -0.390 e. The Morgan fingerprint density at radius 3 is 2.42 bits per heavy atom. The Balaban J connectivity index is 2.21. The highest BCUT2D eigenvalue weighted by atomic mass is 32.2. The van der Waals surface area contributed by atoms with E-state index in [1.165, 1.54) is 6.07 Å². The second-order valence-corrected chi connectivity index (χ2v) is 7.38. The molecule has 11 heteroatoms. The number of alkyl halides is 3. The molecule has 1 aliphatic rings. The summed E-state index contributed by atoms with van der Waals surface area (Å²) in [6, 6.07) is 2.65. The van der Waals surface area contributed by atoms with E-state index in [-0.39, 0.29) is 12.1 Å². The van der Waals surface area contributed by atoms with Gasteiger partial charge >= 0.3 is 5.51 Å². The standard InChI is InChI=1S/C13H15F3N2O5S/c14-13(15,16)24(22,23)7-3-1-2-6(4-7)18-12(21)8-5-9(19)11(20)10(8)17/h1-4,8-11,19-20H,5,17H2,(H,18,21)/t8-,9-,10-,11-/m1/s1. The van der Waals surface area contributed by atoms with E-state index in [1.54, 1.807) is 0 Å². The first kappa shape index (κ1) is 18.6. The first-order valence-corrected chi connectivity index (χ1v) is 8.27. The molecule has 0 bridgehead atoms. The average molecular weight is 368 g/mol. The van der Waals surface area contributed by atoms with E-state index < -0.39 is 50.3 Å². The average Bonchev–Trinajstić information content (AvgIpc) is 2.74. The van der Waals surface area contributed by atoms with Crippen LogP contribution in [0.4, 0.5) is 18.9 Å². The first-order chi connectivity index (χ1) is 10.9. The number of carbonyl (C=O) groups excluding carboxylic acids is 1. The molecule has 0 unspecified atom stereocenters. The van der Waals surface area contributed by atoms with Crippen LogP contribution in [0.25, 0.3) is 0 Å². The molecule has 1 aromatic carbocycles. The second kappa shape index (κ2) is 6.31. The molecule has 0 radical (unpaired) electrons. The van der Waals surface area contributed by atoms with Crippen LogP contribution in [0.1, 0.15) is 6.42 Å². The highest BCUT2D eigenvalue weighted by molar-refractivity contribution is 7.92. The molecule has 7 nitrogen and oxygen atoms in total. The largest absolute Gasteiger partial charge is 0.501 e. The van der Waals surface area contributed by atoms with Crippen molar-refractivity contribution in [1.29, 1.82) is 0 Å². The van der Waals surface area contributed by atoms with Crippen molar-refractivity contribution in [2.45, 2.75) is 35.1 Å². The highest BCUT2D eigenvalue weighted by Crippen LogP contribution is 2.32. The van der Waals surface area contributed by atoms with E-state index in [2.05, 4.69) is 5.32 Å². The van der Waals surface area contributed by atoms with Crippen LogP contribution in [-0.2, 0) is 14.6 Å². The van der Waals surface area contributed by atoms with Gasteiger partial charge in [-0.1, -0.05) is 6.07 Å². The van der Waals surface area contributed by atoms with Gasteiger partial charge < -0.3 is 21.3 Å². The lowest BCUT2D eigenvalue weighted by Crippen LogP contribution is -2.42. The second-order valence-electron chi connectivity index (χ2n) is 5.44. The Bertz CT molecular complexity index is 737. The third kappa shape index (κ3) is 3.38. The lowest BCUT2D eigenvalue weighted by atomic mass is 10.0. The van der Waals surface area contributed by atoms with Gasteiger partial charge in [-0.15, -0.1) is 0 Å². The Hall–Kier alpha value is -1.69. The molecule has 1 aromatic rings. The van der Waals surface area contributed by atoms with Gasteiger partial charge in [0.2, 0.25) is 5.91 Å². The van der Waals surface area contributed by atoms with Crippen molar-refractivity contribution < 1.29 is 36.6 Å². The molecule has 5 N–H and O–H groups in total. The first-order valence-electron chi connectivity index (χ1n) is 6.79. The maximum atomic E-state index is 12.5. The maximum Gasteiger partial charge on any atom is 0.501 e. The van der Waals surface area contributed by atoms with Crippen molar-refractivity contribution in [3.05, 3.63) is 24.3 Å². The van der Waals surface area contributed by atoms with Gasteiger partial charge in [-0.3, -0.25) is 4.79 Å². The molecule has 0 aliphatic heterocycles. The summed E-state index contributed by atoms with van der Waals surface area (Å²) < 4.78 is 60.4. The number of nitrogens with two attached hydrogens (primary N) is 1. The van der Waals surface area contributed by atoms with Crippen molar-refractivity contribution in [3.8, 4) is 0 Å².